The van der Waals surface area contributed by atoms with Crippen molar-refractivity contribution in [1.29, 1.82) is 0 Å². The maximum absolute atomic E-state index is 12.5. The number of primary sulfonamides is 1. The van der Waals surface area contributed by atoms with E-state index >= 15 is 0 Å². The molecule has 0 radical (unpaired) electrons. The van der Waals surface area contributed by atoms with Crippen LogP contribution in [0.4, 0.5) is 0 Å². The van der Waals surface area contributed by atoms with Crippen LogP contribution >= 0.6 is 11.3 Å². The van der Waals surface area contributed by atoms with Crippen molar-refractivity contribution in [2.24, 2.45) is 5.14 Å². The first kappa shape index (κ1) is 38.8. The largest absolute Gasteiger partial charge is 0.489 e. The molecule has 0 saturated heterocycles. The number of hydrogen-bond donors (Lipinski definition) is 2. The molecular formula is C41H36N2O9S3. The van der Waals surface area contributed by atoms with Gasteiger partial charge < -0.3 is 18.3 Å². The summed E-state index contributed by atoms with van der Waals surface area (Å²) < 4.78 is 71.6. The lowest BCUT2D eigenvalue weighted by Gasteiger charge is -2.07. The van der Waals surface area contributed by atoms with Gasteiger partial charge >= 0.3 is 0 Å². The smallest absolute Gasteiger partial charge is 0.297 e. The van der Waals surface area contributed by atoms with Crippen molar-refractivity contribution in [3.63, 3.8) is 0 Å². The Bertz CT molecular complexity index is 2570. The third-order valence-corrected chi connectivity index (χ3v) is 11.0. The summed E-state index contributed by atoms with van der Waals surface area (Å²) in [4.78, 5) is 12.4. The van der Waals surface area contributed by atoms with Gasteiger partial charge in [-0.3, -0.25) is 4.79 Å². The second-order valence-corrected chi connectivity index (χ2v) is 16.2. The Balaban J connectivity index is 0.000000193. The molecule has 0 aliphatic carbocycles. The highest BCUT2D eigenvalue weighted by atomic mass is 32.2. The number of benzene rings is 4. The van der Waals surface area contributed by atoms with E-state index in [1.165, 1.54) is 12.1 Å². The molecule has 55 heavy (non-hydrogen) atoms. The fourth-order valence-electron chi connectivity index (χ4n) is 5.24. The van der Waals surface area contributed by atoms with Crippen molar-refractivity contribution >= 4 is 37.3 Å². The van der Waals surface area contributed by atoms with Crippen molar-refractivity contribution in [2.75, 3.05) is 0 Å². The minimum Gasteiger partial charge on any atom is -0.489 e. The van der Waals surface area contributed by atoms with Crippen LogP contribution in [-0.2, 0) is 33.3 Å². The number of thiophene rings is 1. The SMILES string of the molecule is Cc1oc(S(=O)(=O)NC(=O)c2cccs2)cc1COc1ccc(-c2ccccc2)cc1.Cc1oc(S(N)(=O)=O)cc1COc1ccc(-c2ccccc2)cc1. The number of hydrogen-bond acceptors (Lipinski definition) is 10. The average Bonchev–Trinajstić information content (AvgIpc) is 3.95. The maximum Gasteiger partial charge on any atom is 0.297 e. The molecule has 11 nitrogen and oxygen atoms in total. The lowest BCUT2D eigenvalue weighted by atomic mass is 10.1. The van der Waals surface area contributed by atoms with Gasteiger partial charge in [-0.15, -0.1) is 11.3 Å². The minimum absolute atomic E-state index is 0.133. The summed E-state index contributed by atoms with van der Waals surface area (Å²) in [6.07, 6.45) is 0. The predicted molar refractivity (Wildman–Crippen MR) is 210 cm³/mol. The van der Waals surface area contributed by atoms with Crippen LogP contribution in [0.3, 0.4) is 0 Å². The molecule has 14 heteroatoms. The lowest BCUT2D eigenvalue weighted by molar-refractivity contribution is 0.0984. The van der Waals surface area contributed by atoms with Crippen molar-refractivity contribution in [3.05, 3.63) is 166 Å². The van der Waals surface area contributed by atoms with Crippen LogP contribution in [0.1, 0.15) is 32.3 Å². The fourth-order valence-corrected chi connectivity index (χ4v) is 7.46. The second-order valence-electron chi connectivity index (χ2n) is 12.1. The molecule has 0 aliphatic rings. The lowest BCUT2D eigenvalue weighted by Crippen LogP contribution is -2.29. The normalized spacial score (nSPS) is 11.3. The molecule has 0 bridgehead atoms. The molecule has 3 N–H and O–H groups in total. The highest BCUT2D eigenvalue weighted by Gasteiger charge is 2.25. The van der Waals surface area contributed by atoms with Gasteiger partial charge in [0.15, 0.2) is 0 Å². The van der Waals surface area contributed by atoms with Crippen molar-refractivity contribution < 1.29 is 39.9 Å². The Labute approximate surface area is 323 Å². The molecule has 3 heterocycles. The summed E-state index contributed by atoms with van der Waals surface area (Å²) in [7, 11) is -7.97. The van der Waals surface area contributed by atoms with E-state index in [9.17, 15) is 21.6 Å². The van der Waals surface area contributed by atoms with Crippen LogP contribution in [0, 0.1) is 13.8 Å². The van der Waals surface area contributed by atoms with E-state index in [0.717, 1.165) is 33.6 Å². The molecule has 0 atom stereocenters. The molecule has 0 fully saturated rings. The number of rotatable bonds is 12. The summed E-state index contributed by atoms with van der Waals surface area (Å²) in [6, 6.07) is 41.4. The van der Waals surface area contributed by atoms with Gasteiger partial charge in [-0.2, -0.15) is 8.42 Å². The van der Waals surface area contributed by atoms with Gasteiger partial charge in [0.25, 0.3) is 26.0 Å². The van der Waals surface area contributed by atoms with Crippen LogP contribution in [0.2, 0.25) is 0 Å². The second kappa shape index (κ2) is 17.0. The van der Waals surface area contributed by atoms with Gasteiger partial charge in [0.2, 0.25) is 10.2 Å². The van der Waals surface area contributed by atoms with E-state index in [1.807, 2.05) is 114 Å². The molecule has 7 aromatic rings. The van der Waals surface area contributed by atoms with E-state index in [4.69, 9.17) is 23.4 Å². The highest BCUT2D eigenvalue weighted by molar-refractivity contribution is 7.90. The Hall–Kier alpha value is -5.93. The van der Waals surface area contributed by atoms with E-state index in [2.05, 4.69) is 0 Å². The summed E-state index contributed by atoms with van der Waals surface area (Å²) in [5, 5.41) is 6.17. The number of nitrogens with one attached hydrogen (secondary N) is 1. The first-order valence-electron chi connectivity index (χ1n) is 16.7. The molecule has 0 spiro atoms. The third-order valence-electron chi connectivity index (χ3n) is 8.22. The van der Waals surface area contributed by atoms with E-state index in [0.29, 0.717) is 39.0 Å². The number of nitrogens with two attached hydrogens (primary N) is 1. The van der Waals surface area contributed by atoms with Gasteiger partial charge in [0.1, 0.15) is 36.2 Å². The van der Waals surface area contributed by atoms with Crippen LogP contribution in [0.5, 0.6) is 11.5 Å². The molecule has 0 unspecified atom stereocenters. The average molecular weight is 797 g/mol. The van der Waals surface area contributed by atoms with Gasteiger partial charge in [0.05, 0.1) is 4.88 Å². The number of amides is 1. The number of sulfonamides is 2. The third kappa shape index (κ3) is 10.2. The van der Waals surface area contributed by atoms with Gasteiger partial charge in [0, 0.05) is 23.3 Å². The van der Waals surface area contributed by atoms with Crippen molar-refractivity contribution in [3.8, 4) is 33.8 Å². The van der Waals surface area contributed by atoms with Gasteiger partial charge in [-0.25, -0.2) is 18.3 Å². The number of furan rings is 2. The molecule has 0 saturated carbocycles. The highest BCUT2D eigenvalue weighted by Crippen LogP contribution is 2.26. The summed E-state index contributed by atoms with van der Waals surface area (Å²) in [6.45, 7) is 3.66. The Morgan fingerprint density at radius 2 is 1.05 bits per heavy atom. The van der Waals surface area contributed by atoms with Crippen molar-refractivity contribution in [2.45, 2.75) is 37.2 Å². The first-order valence-corrected chi connectivity index (χ1v) is 20.7. The maximum atomic E-state index is 12.5. The van der Waals surface area contributed by atoms with E-state index in [1.54, 1.807) is 31.4 Å². The van der Waals surface area contributed by atoms with Crippen LogP contribution in [-0.4, -0.2) is 22.7 Å². The van der Waals surface area contributed by atoms with Crippen LogP contribution in [0.15, 0.2) is 158 Å². The number of carbonyl (C=O) groups excluding carboxylic acids is 1. The van der Waals surface area contributed by atoms with Crippen LogP contribution in [0.25, 0.3) is 22.3 Å². The molecular weight excluding hydrogens is 761 g/mol. The quantitative estimate of drug-likeness (QED) is 0.123. The summed E-state index contributed by atoms with van der Waals surface area (Å²) in [5.74, 6) is 1.52. The fraction of sp³-hybridized carbons (Fsp3) is 0.0976. The summed E-state index contributed by atoms with van der Waals surface area (Å²) >= 11 is 1.15. The first-order chi connectivity index (χ1) is 26.4. The monoisotopic (exact) mass is 796 g/mol. The molecule has 4 aromatic carbocycles. The molecule has 1 amide bonds. The van der Waals surface area contributed by atoms with Crippen LogP contribution < -0.4 is 19.3 Å². The zero-order chi connectivity index (χ0) is 39.0. The standard InChI is InChI=1S/C23H19NO5S2.C18H17NO4S/c1-16-19(14-22(29-16)31(26,27)24-23(25)21-8-5-13-30-21)15-28-20-11-9-18(10-12-20)17-6-3-2-4-7-17;1-13-16(11-18(23-13)24(19,20)21)12-22-17-9-7-15(8-10-17)14-5-3-2-4-6-14/h2-14H,15H2,1H3,(H,24,25);2-11H,12H2,1H3,(H2,19,20,21). The Morgan fingerprint density at radius 1 is 0.618 bits per heavy atom. The Morgan fingerprint density at radius 3 is 1.47 bits per heavy atom. The van der Waals surface area contributed by atoms with Crippen molar-refractivity contribution in [1.82, 2.24) is 4.72 Å². The zero-order valence-electron chi connectivity index (χ0n) is 29.7. The van der Waals surface area contributed by atoms with Gasteiger partial charge in [-0.05, 0) is 71.8 Å². The molecule has 0 aliphatic heterocycles. The topological polar surface area (TPSA) is 168 Å². The van der Waals surface area contributed by atoms with E-state index < -0.39 is 26.0 Å². The molecule has 3 aromatic heterocycles. The minimum atomic E-state index is -4.12. The van der Waals surface area contributed by atoms with E-state index in [-0.39, 0.29) is 23.4 Å². The summed E-state index contributed by atoms with van der Waals surface area (Å²) in [5.41, 5.74) is 5.63. The number of aryl methyl sites for hydroxylation is 2. The van der Waals surface area contributed by atoms with Gasteiger partial charge in [-0.1, -0.05) is 91.0 Å². The number of ether oxygens (including phenoxy) is 2. The molecule has 7 rings (SSSR count). The Kier molecular flexibility index (Phi) is 12.0. The zero-order valence-corrected chi connectivity index (χ0v) is 32.1. The molecule has 282 valence electrons. The number of carbonyl (C=O) groups is 1. The predicted octanol–water partition coefficient (Wildman–Crippen LogP) is 8.50.